The summed E-state index contributed by atoms with van der Waals surface area (Å²) in [6.45, 7) is 0.121. The minimum atomic E-state index is -1.02. The fourth-order valence-electron chi connectivity index (χ4n) is 4.36. The van der Waals surface area contributed by atoms with Crippen LogP contribution in [0.5, 0.6) is 0 Å². The minimum Gasteiger partial charge on any atom is -0.352 e. The average Bonchev–Trinajstić information content (AvgIpc) is 3.57. The quantitative estimate of drug-likeness (QED) is 0.196. The summed E-state index contributed by atoms with van der Waals surface area (Å²) < 4.78 is 27.9. The lowest BCUT2D eigenvalue weighted by molar-refractivity contribution is -0.116. The van der Waals surface area contributed by atoms with Crippen LogP contribution in [-0.4, -0.2) is 28.8 Å². The summed E-state index contributed by atoms with van der Waals surface area (Å²) >= 11 is 1.52. The Bertz CT molecular complexity index is 1730. The van der Waals surface area contributed by atoms with Gasteiger partial charge >= 0.3 is 0 Å². The molecule has 3 heterocycles. The molecule has 0 bridgehead atoms. The Balaban J connectivity index is 1.14. The van der Waals surface area contributed by atoms with Crippen LogP contribution in [0.25, 0.3) is 11.6 Å². The predicted octanol–water partition coefficient (Wildman–Crippen LogP) is 4.88. The summed E-state index contributed by atoms with van der Waals surface area (Å²) in [5, 5.41) is 10.2. The van der Waals surface area contributed by atoms with Crippen molar-refractivity contribution in [3.8, 4) is 0 Å². The van der Waals surface area contributed by atoms with Gasteiger partial charge in [0, 0.05) is 41.0 Å². The molecule has 41 heavy (non-hydrogen) atoms. The maximum atomic E-state index is 13.5. The number of halogens is 2. The molecule has 5 rings (SSSR count). The first kappa shape index (κ1) is 27.7. The van der Waals surface area contributed by atoms with E-state index >= 15 is 0 Å². The Morgan fingerprint density at radius 3 is 2.63 bits per heavy atom. The maximum absolute atomic E-state index is 13.5. The largest absolute Gasteiger partial charge is 0.352 e. The monoisotopic (exact) mass is 574 g/mol. The fraction of sp³-hybridized carbons (Fsp3) is 0.133. The number of amides is 3. The van der Waals surface area contributed by atoms with Gasteiger partial charge in [-0.2, -0.15) is 0 Å². The maximum Gasteiger partial charge on any atom is 0.263 e. The van der Waals surface area contributed by atoms with Gasteiger partial charge in [-0.15, -0.1) is 11.3 Å². The summed E-state index contributed by atoms with van der Waals surface area (Å²) in [7, 11) is 0. The van der Waals surface area contributed by atoms with Crippen LogP contribution in [0.2, 0.25) is 0 Å². The zero-order valence-electron chi connectivity index (χ0n) is 21.6. The normalized spacial score (nSPS) is 13.1. The minimum absolute atomic E-state index is 0.0322. The van der Waals surface area contributed by atoms with Crippen molar-refractivity contribution in [1.29, 1.82) is 0 Å². The molecular weight excluding hydrogens is 550 g/mol. The van der Waals surface area contributed by atoms with E-state index in [1.54, 1.807) is 18.2 Å². The lowest BCUT2D eigenvalue weighted by atomic mass is 10.1. The van der Waals surface area contributed by atoms with E-state index in [0.29, 0.717) is 34.5 Å². The SMILES string of the molecule is O=C(CCCNC(=O)c1cccn(Cc2ccc(F)c(F)c2)c1=O)Nc1ccc2c(c1)/C(=C/c1cccs1)C(=O)N2. The fourth-order valence-corrected chi connectivity index (χ4v) is 5.02. The number of carbonyl (C=O) groups is 3. The molecule has 2 aromatic carbocycles. The average molecular weight is 575 g/mol. The highest BCUT2D eigenvalue weighted by Crippen LogP contribution is 2.35. The third kappa shape index (κ3) is 6.47. The first-order valence-electron chi connectivity index (χ1n) is 12.7. The van der Waals surface area contributed by atoms with Gasteiger partial charge in [0.2, 0.25) is 5.91 Å². The molecule has 0 spiro atoms. The van der Waals surface area contributed by atoms with Crippen molar-refractivity contribution in [3.05, 3.63) is 116 Å². The molecule has 3 N–H and O–H groups in total. The number of anilines is 2. The van der Waals surface area contributed by atoms with Gasteiger partial charge < -0.3 is 20.5 Å². The van der Waals surface area contributed by atoms with Crippen LogP contribution in [0.4, 0.5) is 20.2 Å². The predicted molar refractivity (Wildman–Crippen MR) is 154 cm³/mol. The molecule has 0 saturated heterocycles. The first-order valence-corrected chi connectivity index (χ1v) is 13.6. The molecule has 0 atom stereocenters. The van der Waals surface area contributed by atoms with Crippen LogP contribution in [-0.2, 0) is 16.1 Å². The number of fused-ring (bicyclic) bond motifs is 1. The molecule has 208 valence electrons. The van der Waals surface area contributed by atoms with Crippen molar-refractivity contribution in [2.24, 2.45) is 0 Å². The highest BCUT2D eigenvalue weighted by molar-refractivity contribution is 7.11. The Morgan fingerprint density at radius 2 is 1.85 bits per heavy atom. The number of benzene rings is 2. The summed E-state index contributed by atoms with van der Waals surface area (Å²) in [4.78, 5) is 51.3. The van der Waals surface area contributed by atoms with E-state index in [1.165, 1.54) is 40.3 Å². The Labute approximate surface area is 237 Å². The zero-order chi connectivity index (χ0) is 28.9. The summed E-state index contributed by atoms with van der Waals surface area (Å²) in [5.41, 5.74) is 2.12. The smallest absolute Gasteiger partial charge is 0.263 e. The molecule has 4 aromatic rings. The first-order chi connectivity index (χ1) is 19.8. The van der Waals surface area contributed by atoms with E-state index in [0.717, 1.165) is 17.0 Å². The number of thiophene rings is 1. The van der Waals surface area contributed by atoms with Crippen molar-refractivity contribution >= 4 is 52.1 Å². The topological polar surface area (TPSA) is 109 Å². The van der Waals surface area contributed by atoms with Gasteiger partial charge in [-0.05, 0) is 72.0 Å². The summed E-state index contributed by atoms with van der Waals surface area (Å²) in [5.74, 6) is -3.08. The Kier molecular flexibility index (Phi) is 8.16. The van der Waals surface area contributed by atoms with Crippen LogP contribution in [0.1, 0.15) is 39.2 Å². The van der Waals surface area contributed by atoms with E-state index in [2.05, 4.69) is 16.0 Å². The van der Waals surface area contributed by atoms with Crippen molar-refractivity contribution in [3.63, 3.8) is 0 Å². The highest BCUT2D eigenvalue weighted by Gasteiger charge is 2.24. The third-order valence-corrected chi connectivity index (χ3v) is 7.20. The molecule has 0 radical (unpaired) electrons. The van der Waals surface area contributed by atoms with Gasteiger partial charge in [0.1, 0.15) is 5.56 Å². The molecule has 1 aliphatic rings. The van der Waals surface area contributed by atoms with Crippen molar-refractivity contribution in [2.45, 2.75) is 19.4 Å². The Hall–Kier alpha value is -4.90. The molecule has 8 nitrogen and oxygen atoms in total. The van der Waals surface area contributed by atoms with E-state index in [1.807, 2.05) is 23.6 Å². The summed E-state index contributed by atoms with van der Waals surface area (Å²) in [6, 6.07) is 15.2. The molecular formula is C30H24F2N4O4S. The van der Waals surface area contributed by atoms with Gasteiger partial charge in [-0.3, -0.25) is 19.2 Å². The molecule has 0 aliphatic carbocycles. The third-order valence-electron chi connectivity index (χ3n) is 6.38. The molecule has 0 unspecified atom stereocenters. The number of nitrogens with zero attached hydrogens (tertiary/aromatic N) is 1. The zero-order valence-corrected chi connectivity index (χ0v) is 22.4. The van der Waals surface area contributed by atoms with E-state index in [4.69, 9.17) is 0 Å². The number of hydrogen-bond acceptors (Lipinski definition) is 5. The van der Waals surface area contributed by atoms with Crippen LogP contribution >= 0.6 is 11.3 Å². The van der Waals surface area contributed by atoms with Gasteiger partial charge in [0.25, 0.3) is 17.4 Å². The number of aromatic nitrogens is 1. The van der Waals surface area contributed by atoms with Gasteiger partial charge in [-0.1, -0.05) is 12.1 Å². The number of rotatable bonds is 9. The number of pyridine rings is 1. The van der Waals surface area contributed by atoms with Crippen LogP contribution in [0, 0.1) is 11.6 Å². The van der Waals surface area contributed by atoms with Gasteiger partial charge in [0.15, 0.2) is 11.6 Å². The second kappa shape index (κ2) is 12.1. The second-order valence-corrected chi connectivity index (χ2v) is 10.3. The van der Waals surface area contributed by atoms with Gasteiger partial charge in [-0.25, -0.2) is 8.78 Å². The molecule has 0 fully saturated rings. The van der Waals surface area contributed by atoms with E-state index < -0.39 is 23.1 Å². The lowest BCUT2D eigenvalue weighted by Crippen LogP contribution is -2.33. The second-order valence-electron chi connectivity index (χ2n) is 9.30. The van der Waals surface area contributed by atoms with E-state index in [-0.39, 0.29) is 36.9 Å². The molecule has 2 aromatic heterocycles. The van der Waals surface area contributed by atoms with Crippen molar-refractivity contribution in [1.82, 2.24) is 9.88 Å². The highest BCUT2D eigenvalue weighted by atomic mass is 32.1. The van der Waals surface area contributed by atoms with Crippen LogP contribution in [0.15, 0.2) is 77.0 Å². The van der Waals surface area contributed by atoms with Crippen molar-refractivity contribution in [2.75, 3.05) is 17.2 Å². The lowest BCUT2D eigenvalue weighted by Gasteiger charge is -2.10. The number of hydrogen-bond donors (Lipinski definition) is 3. The molecule has 0 saturated carbocycles. The van der Waals surface area contributed by atoms with Gasteiger partial charge in [0.05, 0.1) is 12.1 Å². The van der Waals surface area contributed by atoms with Crippen LogP contribution in [0.3, 0.4) is 0 Å². The number of nitrogens with one attached hydrogen (secondary N) is 3. The van der Waals surface area contributed by atoms with Crippen molar-refractivity contribution < 1.29 is 23.2 Å². The molecule has 3 amide bonds. The standard InChI is InChI=1S/C30H24F2N4O4S/c31-24-9-7-18(14-25(24)32)17-36-12-2-5-21(30(36)40)28(38)33-11-1-6-27(37)34-19-8-10-26-22(15-19)23(29(39)35-26)16-20-4-3-13-41-20/h2-5,7-10,12-16H,1,6,11,17H2,(H,33,38)(H,34,37)(H,35,39)/b23-16-. The molecule has 11 heteroatoms. The summed E-state index contributed by atoms with van der Waals surface area (Å²) in [6.07, 6.45) is 3.70. The Morgan fingerprint density at radius 1 is 1.00 bits per heavy atom. The van der Waals surface area contributed by atoms with Crippen LogP contribution < -0.4 is 21.5 Å². The molecule has 1 aliphatic heterocycles. The van der Waals surface area contributed by atoms with E-state index in [9.17, 15) is 28.0 Å². The number of carbonyl (C=O) groups excluding carboxylic acids is 3.